The average molecular weight is 276 g/mol. The fourth-order valence-electron chi connectivity index (χ4n) is 2.63. The molecule has 0 bridgehead atoms. The number of rotatable bonds is 2. The minimum atomic E-state index is -0.0830. The van der Waals surface area contributed by atoms with Crippen LogP contribution in [0.5, 0.6) is 0 Å². The van der Waals surface area contributed by atoms with E-state index in [1.807, 2.05) is 6.07 Å². The Bertz CT molecular complexity index is 464. The van der Waals surface area contributed by atoms with Gasteiger partial charge in [-0.05, 0) is 31.1 Å². The van der Waals surface area contributed by atoms with Crippen molar-refractivity contribution in [3.05, 3.63) is 11.9 Å². The van der Waals surface area contributed by atoms with Crippen LogP contribution in [0.1, 0.15) is 66.1 Å². The van der Waals surface area contributed by atoms with E-state index in [1.54, 1.807) is 0 Å². The molecule has 1 aromatic heterocycles. The summed E-state index contributed by atoms with van der Waals surface area (Å²) in [4.78, 5) is 8.98. The second-order valence-electron chi connectivity index (χ2n) is 7.83. The normalized spacial score (nSPS) is 19.9. The molecule has 0 atom stereocenters. The average Bonchev–Trinajstić information content (AvgIpc) is 2.30. The third-order valence-electron chi connectivity index (χ3n) is 4.11. The van der Waals surface area contributed by atoms with E-state index in [4.69, 9.17) is 5.73 Å². The molecule has 1 aromatic rings. The Balaban J connectivity index is 2.09. The van der Waals surface area contributed by atoms with Gasteiger partial charge >= 0.3 is 0 Å². The van der Waals surface area contributed by atoms with Gasteiger partial charge in [-0.15, -0.1) is 0 Å². The van der Waals surface area contributed by atoms with Gasteiger partial charge in [-0.3, -0.25) is 0 Å². The predicted molar refractivity (Wildman–Crippen MR) is 84.8 cm³/mol. The lowest BCUT2D eigenvalue weighted by Gasteiger charge is -2.35. The Morgan fingerprint density at radius 3 is 2.35 bits per heavy atom. The highest BCUT2D eigenvalue weighted by molar-refractivity contribution is 5.46. The molecule has 0 aliphatic heterocycles. The minimum Gasteiger partial charge on any atom is -0.384 e. The maximum absolute atomic E-state index is 5.91. The van der Waals surface area contributed by atoms with Crippen molar-refractivity contribution in [2.75, 3.05) is 11.1 Å². The molecule has 2 rings (SSSR count). The second kappa shape index (κ2) is 5.23. The molecule has 0 saturated heterocycles. The highest BCUT2D eigenvalue weighted by Gasteiger charge is 2.27. The number of aromatic nitrogens is 2. The molecule has 1 fully saturated rings. The van der Waals surface area contributed by atoms with Gasteiger partial charge in [0.15, 0.2) is 0 Å². The molecule has 4 heteroatoms. The second-order valence-corrected chi connectivity index (χ2v) is 7.83. The Morgan fingerprint density at radius 2 is 1.80 bits per heavy atom. The smallest absolute Gasteiger partial charge is 0.138 e. The van der Waals surface area contributed by atoms with Crippen molar-refractivity contribution >= 4 is 11.6 Å². The van der Waals surface area contributed by atoms with Gasteiger partial charge in [-0.25, -0.2) is 9.97 Å². The fourth-order valence-corrected chi connectivity index (χ4v) is 2.63. The first-order valence-corrected chi connectivity index (χ1v) is 7.57. The molecule has 0 aromatic carbocycles. The number of nitrogen functional groups attached to an aromatic ring is 1. The Morgan fingerprint density at radius 1 is 1.20 bits per heavy atom. The number of nitrogens with two attached hydrogens (primary N) is 1. The minimum absolute atomic E-state index is 0.0830. The lowest BCUT2D eigenvalue weighted by molar-refractivity contribution is 0.232. The van der Waals surface area contributed by atoms with Gasteiger partial charge in [-0.1, -0.05) is 34.6 Å². The van der Waals surface area contributed by atoms with E-state index in [2.05, 4.69) is 49.9 Å². The van der Waals surface area contributed by atoms with Crippen LogP contribution in [0.3, 0.4) is 0 Å². The fraction of sp³-hybridized carbons (Fsp3) is 0.750. The Kier molecular flexibility index (Phi) is 3.94. The molecule has 20 heavy (non-hydrogen) atoms. The van der Waals surface area contributed by atoms with Crippen molar-refractivity contribution in [3.63, 3.8) is 0 Å². The SMILES string of the molecule is CC1(C)CCC(Nc2cc(N)nc(C(C)(C)C)n2)CC1. The number of anilines is 2. The zero-order valence-corrected chi connectivity index (χ0v) is 13.5. The standard InChI is InChI=1S/C16H28N4/c1-15(2,3)14-19-12(17)10-13(20-14)18-11-6-8-16(4,5)9-7-11/h10-11H,6-9H2,1-5H3,(H3,17,18,19,20). The van der Waals surface area contributed by atoms with Crippen molar-refractivity contribution in [2.24, 2.45) is 5.41 Å². The maximum Gasteiger partial charge on any atom is 0.138 e. The molecule has 0 unspecified atom stereocenters. The zero-order chi connectivity index (χ0) is 15.0. The van der Waals surface area contributed by atoms with E-state index in [0.717, 1.165) is 11.6 Å². The van der Waals surface area contributed by atoms with Crippen LogP contribution >= 0.6 is 0 Å². The molecule has 1 aliphatic carbocycles. The monoisotopic (exact) mass is 276 g/mol. The van der Waals surface area contributed by atoms with E-state index in [0.29, 0.717) is 17.3 Å². The Labute approximate surface area is 122 Å². The van der Waals surface area contributed by atoms with Gasteiger partial charge in [-0.2, -0.15) is 0 Å². The maximum atomic E-state index is 5.91. The van der Waals surface area contributed by atoms with Crippen LogP contribution < -0.4 is 11.1 Å². The third-order valence-corrected chi connectivity index (χ3v) is 4.11. The van der Waals surface area contributed by atoms with Crippen LogP contribution in [0, 0.1) is 5.41 Å². The van der Waals surface area contributed by atoms with Gasteiger partial charge in [0, 0.05) is 17.5 Å². The summed E-state index contributed by atoms with van der Waals surface area (Å²) in [5.74, 6) is 2.21. The summed E-state index contributed by atoms with van der Waals surface area (Å²) >= 11 is 0. The molecular weight excluding hydrogens is 248 g/mol. The number of hydrogen-bond donors (Lipinski definition) is 2. The highest BCUT2D eigenvalue weighted by atomic mass is 15.1. The quantitative estimate of drug-likeness (QED) is 0.863. The van der Waals surface area contributed by atoms with Crippen LogP contribution in [0.4, 0.5) is 11.6 Å². The van der Waals surface area contributed by atoms with Crippen LogP contribution in [-0.2, 0) is 5.41 Å². The van der Waals surface area contributed by atoms with E-state index >= 15 is 0 Å². The lowest BCUT2D eigenvalue weighted by Crippen LogP contribution is -2.30. The van der Waals surface area contributed by atoms with Gasteiger partial charge in [0.25, 0.3) is 0 Å². The number of nitrogens with one attached hydrogen (secondary N) is 1. The first kappa shape index (κ1) is 15.1. The molecule has 1 aliphatic rings. The topological polar surface area (TPSA) is 63.8 Å². The van der Waals surface area contributed by atoms with Crippen molar-refractivity contribution in [1.29, 1.82) is 0 Å². The first-order valence-electron chi connectivity index (χ1n) is 7.57. The zero-order valence-electron chi connectivity index (χ0n) is 13.5. The van der Waals surface area contributed by atoms with Crippen LogP contribution in [-0.4, -0.2) is 16.0 Å². The molecule has 0 spiro atoms. The van der Waals surface area contributed by atoms with Gasteiger partial charge in [0.2, 0.25) is 0 Å². The summed E-state index contributed by atoms with van der Waals surface area (Å²) in [5.41, 5.74) is 6.32. The highest BCUT2D eigenvalue weighted by Crippen LogP contribution is 2.36. The van der Waals surface area contributed by atoms with E-state index < -0.39 is 0 Å². The molecule has 0 radical (unpaired) electrons. The summed E-state index contributed by atoms with van der Waals surface area (Å²) in [6.07, 6.45) is 4.91. The van der Waals surface area contributed by atoms with Crippen LogP contribution in [0.15, 0.2) is 6.07 Å². The van der Waals surface area contributed by atoms with E-state index in [-0.39, 0.29) is 5.41 Å². The molecule has 112 valence electrons. The van der Waals surface area contributed by atoms with E-state index in [9.17, 15) is 0 Å². The summed E-state index contributed by atoms with van der Waals surface area (Å²) in [6, 6.07) is 2.35. The molecule has 3 N–H and O–H groups in total. The van der Waals surface area contributed by atoms with Gasteiger partial charge < -0.3 is 11.1 Å². The molecular formula is C16H28N4. The molecule has 0 amide bonds. The number of hydrogen-bond acceptors (Lipinski definition) is 4. The molecule has 1 saturated carbocycles. The molecule has 1 heterocycles. The summed E-state index contributed by atoms with van der Waals surface area (Å²) in [5, 5.41) is 3.54. The van der Waals surface area contributed by atoms with Crippen LogP contribution in [0.25, 0.3) is 0 Å². The van der Waals surface area contributed by atoms with Crippen molar-refractivity contribution < 1.29 is 0 Å². The predicted octanol–water partition coefficient (Wildman–Crippen LogP) is 3.74. The van der Waals surface area contributed by atoms with Crippen molar-refractivity contribution in [3.8, 4) is 0 Å². The van der Waals surface area contributed by atoms with Crippen LogP contribution in [0.2, 0.25) is 0 Å². The number of nitrogens with zero attached hydrogens (tertiary/aromatic N) is 2. The summed E-state index contributed by atoms with van der Waals surface area (Å²) in [7, 11) is 0. The summed E-state index contributed by atoms with van der Waals surface area (Å²) < 4.78 is 0. The van der Waals surface area contributed by atoms with Crippen molar-refractivity contribution in [2.45, 2.75) is 71.8 Å². The lowest BCUT2D eigenvalue weighted by atomic mass is 9.75. The van der Waals surface area contributed by atoms with E-state index in [1.165, 1.54) is 25.7 Å². The molecule has 4 nitrogen and oxygen atoms in total. The first-order chi connectivity index (χ1) is 9.16. The third kappa shape index (κ3) is 3.84. The Hall–Kier alpha value is -1.32. The largest absolute Gasteiger partial charge is 0.384 e. The summed E-state index contributed by atoms with van der Waals surface area (Å²) in [6.45, 7) is 11.0. The van der Waals surface area contributed by atoms with Gasteiger partial charge in [0.1, 0.15) is 17.5 Å². The van der Waals surface area contributed by atoms with Gasteiger partial charge in [0.05, 0.1) is 0 Å². The van der Waals surface area contributed by atoms with Crippen molar-refractivity contribution in [1.82, 2.24) is 9.97 Å².